The van der Waals surface area contributed by atoms with Crippen molar-refractivity contribution in [3.8, 4) is 0 Å². The van der Waals surface area contributed by atoms with Gasteiger partial charge in [0.2, 0.25) is 0 Å². The van der Waals surface area contributed by atoms with Crippen molar-refractivity contribution in [1.29, 1.82) is 0 Å². The molecule has 3 rings (SSSR count). The second kappa shape index (κ2) is 20.9. The summed E-state index contributed by atoms with van der Waals surface area (Å²) in [4.78, 5) is 21.8. The number of hydrogen-bond donors (Lipinski definition) is 5. The molecule has 0 saturated carbocycles. The molecule has 0 atom stereocenters. The number of rotatable bonds is 0. The van der Waals surface area contributed by atoms with E-state index in [1.807, 2.05) is 24.4 Å². The Kier molecular flexibility index (Phi) is 27.3. The Morgan fingerprint density at radius 2 is 1.36 bits per heavy atom. The Bertz CT molecular complexity index is 735. The minimum atomic E-state index is -1.50. The van der Waals surface area contributed by atoms with E-state index >= 15 is 0 Å². The molecule has 1 aromatic heterocycles. The maximum Gasteiger partial charge on any atom is 4.00 e. The molecule has 0 aliphatic rings. The minimum absolute atomic E-state index is 0. The van der Waals surface area contributed by atoms with Gasteiger partial charge in [-0.2, -0.15) is 0 Å². The topological polar surface area (TPSA) is 204 Å². The molecule has 0 radical (unpaired) electrons. The molecule has 0 fully saturated rings. The van der Waals surface area contributed by atoms with Crippen LogP contribution >= 0.6 is 0 Å². The zero-order chi connectivity index (χ0) is 18.5. The van der Waals surface area contributed by atoms with Gasteiger partial charge >= 0.3 is 21.1 Å². The van der Waals surface area contributed by atoms with Crippen molar-refractivity contribution < 1.29 is 58.8 Å². The molecule has 28 heavy (non-hydrogen) atoms. The number of aliphatic hydroxyl groups excluding tert-OH is 1. The zero-order valence-corrected chi connectivity index (χ0v) is 18.3. The number of benzene rings is 2. The third kappa shape index (κ3) is 14.8. The molecule has 12 heteroatoms. The van der Waals surface area contributed by atoms with Crippen LogP contribution in [-0.2, 0) is 25.9 Å². The number of halogens is 1. The zero-order valence-electron chi connectivity index (χ0n) is 15.3. The average molecular weight is 599 g/mol. The largest absolute Gasteiger partial charge is 4.00 e. The molecule has 0 spiro atoms. The van der Waals surface area contributed by atoms with Crippen LogP contribution in [0.3, 0.4) is 0 Å². The SMILES string of the molecule is CC(=O)O.CO.N.N.O=[N+]([O-])O.[Cl-].[Pt+4].c1ccc2c(c1)cnc1ccccc12. The van der Waals surface area contributed by atoms with Crippen molar-refractivity contribution in [2.75, 3.05) is 7.11 Å². The van der Waals surface area contributed by atoms with Gasteiger partial charge in [0.05, 0.1) is 5.52 Å². The maximum atomic E-state index is 9.00. The van der Waals surface area contributed by atoms with Gasteiger partial charge in [0.25, 0.3) is 11.1 Å². The van der Waals surface area contributed by atoms with Crippen molar-refractivity contribution in [3.05, 3.63) is 64.8 Å². The molecule has 2 aromatic carbocycles. The van der Waals surface area contributed by atoms with E-state index in [1.165, 1.54) is 16.2 Å². The Morgan fingerprint density at radius 3 is 1.82 bits per heavy atom. The standard InChI is InChI=1S/C13H9N.C2H4O2.CH4O.ClH.HNO3.2H3N.Pt/c1-2-6-11-10(5-1)9-14-13-8-4-3-7-12(11)13;1-2(3)4;1-2;;2-1(3)4;;;/h1-9H;1H3,(H,3,4);2H,1H3;1H;(H,2,3,4);2*1H3;/q;;;;;;;+4/p-1. The summed E-state index contributed by atoms with van der Waals surface area (Å²) in [6.45, 7) is 1.08. The first kappa shape index (κ1) is 36.5. The number of aliphatic hydroxyl groups is 1. The van der Waals surface area contributed by atoms with E-state index in [-0.39, 0.29) is 45.8 Å². The van der Waals surface area contributed by atoms with Crippen molar-refractivity contribution in [3.63, 3.8) is 0 Å². The fraction of sp³-hybridized carbons (Fsp3) is 0.125. The number of para-hydroxylation sites is 1. The fourth-order valence-corrected chi connectivity index (χ4v) is 1.81. The van der Waals surface area contributed by atoms with Crippen molar-refractivity contribution in [2.24, 2.45) is 0 Å². The molecular formula is C16H24ClN4O6Pt+3. The summed E-state index contributed by atoms with van der Waals surface area (Å²) in [5.74, 6) is -0.833. The van der Waals surface area contributed by atoms with Gasteiger partial charge in [0.1, 0.15) is 0 Å². The minimum Gasteiger partial charge on any atom is -1.00 e. The first-order valence-corrected chi connectivity index (χ1v) is 6.62. The van der Waals surface area contributed by atoms with Crippen molar-refractivity contribution in [2.45, 2.75) is 6.92 Å². The van der Waals surface area contributed by atoms with E-state index in [9.17, 15) is 0 Å². The maximum absolute atomic E-state index is 9.00. The fourth-order valence-electron chi connectivity index (χ4n) is 1.81. The summed E-state index contributed by atoms with van der Waals surface area (Å²) in [6.07, 6.45) is 1.93. The summed E-state index contributed by atoms with van der Waals surface area (Å²) in [5.41, 5.74) is 1.06. The molecule has 1 heterocycles. The Morgan fingerprint density at radius 1 is 1.00 bits per heavy atom. The van der Waals surface area contributed by atoms with Crippen molar-refractivity contribution in [1.82, 2.24) is 17.3 Å². The van der Waals surface area contributed by atoms with Crippen LogP contribution < -0.4 is 24.7 Å². The van der Waals surface area contributed by atoms with Crippen LogP contribution in [0.15, 0.2) is 54.7 Å². The number of aliphatic carboxylic acids is 1. The normalized spacial score (nSPS) is 7.39. The summed E-state index contributed by atoms with van der Waals surface area (Å²) in [7, 11) is 1.00. The van der Waals surface area contributed by atoms with E-state index in [0.717, 1.165) is 19.6 Å². The molecule has 0 aliphatic heterocycles. The van der Waals surface area contributed by atoms with Crippen LogP contribution in [-0.4, -0.2) is 38.6 Å². The number of aromatic nitrogens is 1. The number of carbonyl (C=O) groups is 1. The van der Waals surface area contributed by atoms with E-state index in [1.54, 1.807) is 0 Å². The molecule has 9 N–H and O–H groups in total. The summed E-state index contributed by atoms with van der Waals surface area (Å²) in [5, 5.41) is 31.8. The van der Waals surface area contributed by atoms with Gasteiger partial charge in [-0.1, -0.05) is 42.5 Å². The molecule has 0 unspecified atom stereocenters. The number of carboxylic acid groups (broad SMARTS) is 1. The van der Waals surface area contributed by atoms with Gasteiger partial charge < -0.3 is 40.1 Å². The van der Waals surface area contributed by atoms with Crippen LogP contribution in [0.25, 0.3) is 21.7 Å². The molecule has 3 aromatic rings. The third-order valence-corrected chi connectivity index (χ3v) is 2.50. The van der Waals surface area contributed by atoms with Crippen LogP contribution in [0.2, 0.25) is 0 Å². The number of carboxylic acids is 1. The van der Waals surface area contributed by atoms with Gasteiger partial charge in [-0.3, -0.25) is 9.78 Å². The summed E-state index contributed by atoms with van der Waals surface area (Å²) in [6, 6.07) is 16.6. The van der Waals surface area contributed by atoms with Crippen molar-refractivity contribution >= 4 is 27.6 Å². The summed E-state index contributed by atoms with van der Waals surface area (Å²) >= 11 is 0. The smallest absolute Gasteiger partial charge is 1.00 e. The predicted octanol–water partition coefficient (Wildman–Crippen LogP) is 0.0652. The quantitative estimate of drug-likeness (QED) is 0.135. The van der Waals surface area contributed by atoms with Crippen LogP contribution in [0, 0.1) is 10.1 Å². The average Bonchev–Trinajstić information content (AvgIpc) is 2.56. The van der Waals surface area contributed by atoms with Gasteiger partial charge in [-0.05, 0) is 11.5 Å². The molecule has 0 bridgehead atoms. The van der Waals surface area contributed by atoms with Gasteiger partial charge in [0.15, 0.2) is 0 Å². The molecule has 0 saturated heterocycles. The van der Waals surface area contributed by atoms with E-state index < -0.39 is 11.1 Å². The van der Waals surface area contributed by atoms with E-state index in [0.29, 0.717) is 0 Å². The van der Waals surface area contributed by atoms with Gasteiger partial charge in [0, 0.05) is 31.0 Å². The van der Waals surface area contributed by atoms with Crippen LogP contribution in [0.4, 0.5) is 0 Å². The molecule has 10 nitrogen and oxygen atoms in total. The first-order chi connectivity index (χ1) is 11.4. The van der Waals surface area contributed by atoms with Gasteiger partial charge in [-0.15, -0.1) is 10.1 Å². The van der Waals surface area contributed by atoms with E-state index in [2.05, 4.69) is 35.3 Å². The second-order valence-electron chi connectivity index (χ2n) is 4.12. The third-order valence-electron chi connectivity index (χ3n) is 2.50. The molecular weight excluding hydrogens is 575 g/mol. The van der Waals surface area contributed by atoms with Gasteiger partial charge in [-0.25, -0.2) is 0 Å². The Hall–Kier alpha value is -2.36. The predicted molar refractivity (Wildman–Crippen MR) is 99.5 cm³/mol. The number of hydrogen-bond acceptors (Lipinski definition) is 7. The first-order valence-electron chi connectivity index (χ1n) is 6.62. The number of fused-ring (bicyclic) bond motifs is 3. The molecule has 158 valence electrons. The van der Waals surface area contributed by atoms with Crippen LogP contribution in [0.5, 0.6) is 0 Å². The second-order valence-corrected chi connectivity index (χ2v) is 4.12. The Labute approximate surface area is 182 Å². The number of pyridine rings is 1. The molecule has 0 aliphatic carbocycles. The summed E-state index contributed by atoms with van der Waals surface area (Å²) < 4.78 is 0. The van der Waals surface area contributed by atoms with E-state index in [4.69, 9.17) is 30.3 Å². The number of nitrogens with zero attached hydrogens (tertiary/aromatic N) is 2. The monoisotopic (exact) mass is 598 g/mol. The Balaban J connectivity index is -0.000000110. The van der Waals surface area contributed by atoms with Crippen LogP contribution in [0.1, 0.15) is 6.92 Å². The molecule has 0 amide bonds.